The predicted octanol–water partition coefficient (Wildman–Crippen LogP) is 2.82. The molecule has 1 N–H and O–H groups in total. The van der Waals surface area contributed by atoms with Crippen molar-refractivity contribution in [2.45, 2.75) is 19.3 Å². The lowest BCUT2D eigenvalue weighted by Crippen LogP contribution is -2.28. The Bertz CT molecular complexity index is 1020. The second-order valence-electron chi connectivity index (χ2n) is 7.60. The first kappa shape index (κ1) is 20.7. The predicted molar refractivity (Wildman–Crippen MR) is 117 cm³/mol. The molecule has 162 valence electrons. The van der Waals surface area contributed by atoms with E-state index in [2.05, 4.69) is 5.32 Å². The molecule has 8 heteroatoms. The van der Waals surface area contributed by atoms with Gasteiger partial charge in [0.25, 0.3) is 0 Å². The first-order chi connectivity index (χ1) is 15.0. The van der Waals surface area contributed by atoms with E-state index in [0.29, 0.717) is 41.5 Å². The number of methoxy groups -OCH3 is 2. The van der Waals surface area contributed by atoms with Crippen LogP contribution in [0.3, 0.4) is 0 Å². The van der Waals surface area contributed by atoms with E-state index in [1.807, 2.05) is 12.1 Å². The SMILES string of the molecule is COc1cc(NC(=O)[C@H]2CC(=O)N(c3ccccc3OC)C2)ccc1N1CCCC1=O. The maximum atomic E-state index is 12.9. The van der Waals surface area contributed by atoms with Crippen molar-refractivity contribution in [1.29, 1.82) is 0 Å². The molecule has 2 heterocycles. The van der Waals surface area contributed by atoms with Gasteiger partial charge in [-0.1, -0.05) is 12.1 Å². The van der Waals surface area contributed by atoms with Crippen LogP contribution in [0.15, 0.2) is 42.5 Å². The molecule has 0 aliphatic carbocycles. The summed E-state index contributed by atoms with van der Waals surface area (Å²) in [6.07, 6.45) is 1.47. The summed E-state index contributed by atoms with van der Waals surface area (Å²) in [4.78, 5) is 40.8. The zero-order valence-corrected chi connectivity index (χ0v) is 17.6. The minimum Gasteiger partial charge on any atom is -0.495 e. The maximum absolute atomic E-state index is 12.9. The van der Waals surface area contributed by atoms with Crippen molar-refractivity contribution in [3.05, 3.63) is 42.5 Å². The zero-order valence-electron chi connectivity index (χ0n) is 17.6. The molecule has 2 aliphatic rings. The molecule has 4 rings (SSSR count). The Morgan fingerprint density at radius 2 is 1.71 bits per heavy atom. The molecule has 2 saturated heterocycles. The van der Waals surface area contributed by atoms with Gasteiger partial charge in [0.2, 0.25) is 17.7 Å². The molecular formula is C23H25N3O5. The van der Waals surface area contributed by atoms with E-state index >= 15 is 0 Å². The van der Waals surface area contributed by atoms with Crippen LogP contribution >= 0.6 is 0 Å². The largest absolute Gasteiger partial charge is 0.495 e. The summed E-state index contributed by atoms with van der Waals surface area (Å²) in [5.74, 6) is 0.335. The third-order valence-corrected chi connectivity index (χ3v) is 5.68. The van der Waals surface area contributed by atoms with Gasteiger partial charge in [-0.25, -0.2) is 0 Å². The van der Waals surface area contributed by atoms with E-state index in [1.165, 1.54) is 7.11 Å². The van der Waals surface area contributed by atoms with Gasteiger partial charge >= 0.3 is 0 Å². The second-order valence-corrected chi connectivity index (χ2v) is 7.60. The average molecular weight is 423 g/mol. The molecular weight excluding hydrogens is 398 g/mol. The summed E-state index contributed by atoms with van der Waals surface area (Å²) in [7, 11) is 3.09. The summed E-state index contributed by atoms with van der Waals surface area (Å²) in [6.45, 7) is 0.937. The van der Waals surface area contributed by atoms with E-state index in [1.54, 1.807) is 47.2 Å². The Kier molecular flexibility index (Phi) is 5.79. The number of anilines is 3. The van der Waals surface area contributed by atoms with Crippen LogP contribution in [0.4, 0.5) is 17.1 Å². The second kappa shape index (κ2) is 8.67. The minimum absolute atomic E-state index is 0.0657. The van der Waals surface area contributed by atoms with E-state index < -0.39 is 5.92 Å². The molecule has 0 saturated carbocycles. The van der Waals surface area contributed by atoms with Gasteiger partial charge in [-0.05, 0) is 30.7 Å². The van der Waals surface area contributed by atoms with E-state index in [-0.39, 0.29) is 30.7 Å². The molecule has 0 radical (unpaired) electrons. The van der Waals surface area contributed by atoms with Crippen molar-refractivity contribution in [3.63, 3.8) is 0 Å². The zero-order chi connectivity index (χ0) is 22.0. The first-order valence-corrected chi connectivity index (χ1v) is 10.2. The van der Waals surface area contributed by atoms with Crippen LogP contribution in [0.2, 0.25) is 0 Å². The lowest BCUT2D eigenvalue weighted by molar-refractivity contribution is -0.122. The van der Waals surface area contributed by atoms with Crippen LogP contribution in [-0.4, -0.2) is 45.0 Å². The highest BCUT2D eigenvalue weighted by Crippen LogP contribution is 2.35. The smallest absolute Gasteiger partial charge is 0.229 e. The molecule has 8 nitrogen and oxygen atoms in total. The van der Waals surface area contributed by atoms with Crippen LogP contribution < -0.4 is 24.6 Å². The lowest BCUT2D eigenvalue weighted by atomic mass is 10.1. The van der Waals surface area contributed by atoms with Gasteiger partial charge in [-0.2, -0.15) is 0 Å². The molecule has 2 aromatic carbocycles. The summed E-state index contributed by atoms with van der Waals surface area (Å²) >= 11 is 0. The molecule has 2 aromatic rings. The highest BCUT2D eigenvalue weighted by Gasteiger charge is 2.36. The van der Waals surface area contributed by atoms with Gasteiger partial charge in [0.1, 0.15) is 11.5 Å². The minimum atomic E-state index is -0.483. The fourth-order valence-electron chi connectivity index (χ4n) is 4.09. The van der Waals surface area contributed by atoms with E-state index in [9.17, 15) is 14.4 Å². The average Bonchev–Trinajstić information content (AvgIpc) is 3.39. The molecule has 1 atom stereocenters. The number of amides is 3. The van der Waals surface area contributed by atoms with Crippen molar-refractivity contribution in [2.75, 3.05) is 42.4 Å². The van der Waals surface area contributed by atoms with Crippen LogP contribution in [0, 0.1) is 5.92 Å². The lowest BCUT2D eigenvalue weighted by Gasteiger charge is -2.20. The number of nitrogens with zero attached hydrogens (tertiary/aromatic N) is 2. The Labute approximate surface area is 180 Å². The number of carbonyl (C=O) groups excluding carboxylic acids is 3. The number of carbonyl (C=O) groups is 3. The van der Waals surface area contributed by atoms with Crippen molar-refractivity contribution >= 4 is 34.8 Å². The van der Waals surface area contributed by atoms with Crippen molar-refractivity contribution < 1.29 is 23.9 Å². The third kappa shape index (κ3) is 4.05. The Hall–Kier alpha value is -3.55. The van der Waals surface area contributed by atoms with Crippen molar-refractivity contribution in [2.24, 2.45) is 5.92 Å². The number of hydrogen-bond acceptors (Lipinski definition) is 5. The number of para-hydroxylation sites is 2. The normalized spacial score (nSPS) is 18.5. The van der Waals surface area contributed by atoms with Crippen LogP contribution in [0.5, 0.6) is 11.5 Å². The number of nitrogens with one attached hydrogen (secondary N) is 1. The highest BCUT2D eigenvalue weighted by molar-refractivity contribution is 6.04. The monoisotopic (exact) mass is 423 g/mol. The fourth-order valence-corrected chi connectivity index (χ4v) is 4.09. The summed E-state index contributed by atoms with van der Waals surface area (Å²) in [5.41, 5.74) is 1.91. The molecule has 0 unspecified atom stereocenters. The summed E-state index contributed by atoms with van der Waals surface area (Å²) in [6, 6.07) is 12.5. The van der Waals surface area contributed by atoms with Crippen LogP contribution in [-0.2, 0) is 14.4 Å². The van der Waals surface area contributed by atoms with Gasteiger partial charge in [0.15, 0.2) is 0 Å². The molecule has 2 fully saturated rings. The Morgan fingerprint density at radius 1 is 0.968 bits per heavy atom. The topological polar surface area (TPSA) is 88.2 Å². The van der Waals surface area contributed by atoms with Gasteiger partial charge in [-0.3, -0.25) is 14.4 Å². The molecule has 3 amide bonds. The molecule has 0 aromatic heterocycles. The Morgan fingerprint density at radius 3 is 2.42 bits per heavy atom. The third-order valence-electron chi connectivity index (χ3n) is 5.68. The molecule has 2 aliphatic heterocycles. The quantitative estimate of drug-likeness (QED) is 0.772. The van der Waals surface area contributed by atoms with E-state index in [4.69, 9.17) is 9.47 Å². The summed E-state index contributed by atoms with van der Waals surface area (Å²) < 4.78 is 10.8. The highest BCUT2D eigenvalue weighted by atomic mass is 16.5. The number of hydrogen-bond donors (Lipinski definition) is 1. The van der Waals surface area contributed by atoms with Gasteiger partial charge in [0, 0.05) is 37.7 Å². The molecule has 0 bridgehead atoms. The number of ether oxygens (including phenoxy) is 2. The summed E-state index contributed by atoms with van der Waals surface area (Å²) in [5, 5.41) is 2.88. The van der Waals surface area contributed by atoms with Crippen molar-refractivity contribution in [3.8, 4) is 11.5 Å². The first-order valence-electron chi connectivity index (χ1n) is 10.2. The fraction of sp³-hybridized carbons (Fsp3) is 0.348. The molecule has 31 heavy (non-hydrogen) atoms. The maximum Gasteiger partial charge on any atom is 0.229 e. The number of benzene rings is 2. The van der Waals surface area contributed by atoms with E-state index in [0.717, 1.165) is 6.42 Å². The van der Waals surface area contributed by atoms with Crippen molar-refractivity contribution in [1.82, 2.24) is 0 Å². The Balaban J connectivity index is 1.47. The standard InChI is InChI=1S/C23H25N3O5/c1-30-19-7-4-3-6-17(19)26-14-15(12-22(26)28)23(29)24-16-9-10-18(20(13-16)31-2)25-11-5-8-21(25)27/h3-4,6-7,9-10,13,15H,5,8,11-12,14H2,1-2H3,(H,24,29)/t15-/m0/s1. The molecule has 0 spiro atoms. The van der Waals surface area contributed by atoms with Gasteiger partial charge in [-0.15, -0.1) is 0 Å². The van der Waals surface area contributed by atoms with Crippen LogP contribution in [0.25, 0.3) is 0 Å². The van der Waals surface area contributed by atoms with Gasteiger partial charge in [0.05, 0.1) is 31.5 Å². The van der Waals surface area contributed by atoms with Gasteiger partial charge < -0.3 is 24.6 Å². The number of rotatable bonds is 6. The van der Waals surface area contributed by atoms with Crippen LogP contribution in [0.1, 0.15) is 19.3 Å².